The SMILES string of the molecule is N#Cc1cccc2c1CCCC2Oc1ccc2cnn(-c3ccnc(N4CC5CC4CO5)c3)c2c1. The van der Waals surface area contributed by atoms with Crippen LogP contribution in [0.2, 0.25) is 0 Å². The van der Waals surface area contributed by atoms with Crippen molar-refractivity contribution in [3.05, 3.63) is 77.6 Å². The van der Waals surface area contributed by atoms with E-state index in [9.17, 15) is 5.26 Å². The Morgan fingerprint density at radius 2 is 2.11 bits per heavy atom. The molecule has 3 atom stereocenters. The second-order valence-corrected chi connectivity index (χ2v) is 9.63. The molecule has 7 rings (SSSR count). The van der Waals surface area contributed by atoms with E-state index in [2.05, 4.69) is 45.3 Å². The molecule has 4 heterocycles. The van der Waals surface area contributed by atoms with E-state index in [1.54, 1.807) is 0 Å². The van der Waals surface area contributed by atoms with Gasteiger partial charge in [-0.25, -0.2) is 9.67 Å². The van der Waals surface area contributed by atoms with Gasteiger partial charge in [0.2, 0.25) is 0 Å². The zero-order chi connectivity index (χ0) is 23.4. The first-order valence-corrected chi connectivity index (χ1v) is 12.3. The number of pyridine rings is 1. The van der Waals surface area contributed by atoms with Crippen LogP contribution >= 0.6 is 0 Å². The maximum atomic E-state index is 9.51. The van der Waals surface area contributed by atoms with Gasteiger partial charge in [-0.15, -0.1) is 0 Å². The molecule has 0 amide bonds. The minimum atomic E-state index is -0.0544. The lowest BCUT2D eigenvalue weighted by Crippen LogP contribution is -2.37. The lowest BCUT2D eigenvalue weighted by molar-refractivity contribution is 0.0989. The van der Waals surface area contributed by atoms with Crippen LogP contribution in [0.5, 0.6) is 5.75 Å². The zero-order valence-electron chi connectivity index (χ0n) is 19.3. The smallest absolute Gasteiger partial charge is 0.131 e. The number of hydrogen-bond acceptors (Lipinski definition) is 6. The van der Waals surface area contributed by atoms with E-state index in [0.29, 0.717) is 12.1 Å². The van der Waals surface area contributed by atoms with E-state index in [0.717, 1.165) is 83.7 Å². The summed E-state index contributed by atoms with van der Waals surface area (Å²) >= 11 is 0. The summed E-state index contributed by atoms with van der Waals surface area (Å²) in [4.78, 5) is 7.00. The predicted octanol–water partition coefficient (Wildman–Crippen LogP) is 4.73. The van der Waals surface area contributed by atoms with Crippen LogP contribution in [0.4, 0.5) is 5.82 Å². The Bertz CT molecular complexity index is 1470. The predicted molar refractivity (Wildman–Crippen MR) is 132 cm³/mol. The summed E-state index contributed by atoms with van der Waals surface area (Å²) in [5, 5.41) is 15.2. The van der Waals surface area contributed by atoms with Gasteiger partial charge >= 0.3 is 0 Å². The summed E-state index contributed by atoms with van der Waals surface area (Å²) < 4.78 is 14.2. The molecule has 7 heteroatoms. The van der Waals surface area contributed by atoms with E-state index >= 15 is 0 Å². The van der Waals surface area contributed by atoms with Crippen LogP contribution in [0.15, 0.2) is 60.9 Å². The lowest BCUT2D eigenvalue weighted by atomic mass is 9.86. The van der Waals surface area contributed by atoms with Crippen LogP contribution in [0.25, 0.3) is 16.6 Å². The quantitative estimate of drug-likeness (QED) is 0.436. The van der Waals surface area contributed by atoms with Gasteiger partial charge in [-0.05, 0) is 61.1 Å². The lowest BCUT2D eigenvalue weighted by Gasteiger charge is -2.28. The topological polar surface area (TPSA) is 76.2 Å². The van der Waals surface area contributed by atoms with Crippen molar-refractivity contribution < 1.29 is 9.47 Å². The highest BCUT2D eigenvalue weighted by Gasteiger charge is 2.39. The molecule has 4 aromatic rings. The fraction of sp³-hybridized carbons (Fsp3) is 0.321. The van der Waals surface area contributed by atoms with Gasteiger partial charge in [-0.3, -0.25) is 0 Å². The summed E-state index contributed by atoms with van der Waals surface area (Å²) in [5.41, 5.74) is 4.99. The molecule has 2 aliphatic heterocycles. The maximum absolute atomic E-state index is 9.51. The number of fused-ring (bicyclic) bond motifs is 4. The van der Waals surface area contributed by atoms with Crippen molar-refractivity contribution in [2.75, 3.05) is 18.1 Å². The molecule has 2 fully saturated rings. The van der Waals surface area contributed by atoms with Gasteiger partial charge in [-0.2, -0.15) is 10.4 Å². The molecule has 174 valence electrons. The van der Waals surface area contributed by atoms with E-state index in [-0.39, 0.29) is 6.10 Å². The molecule has 2 aromatic carbocycles. The third-order valence-electron chi connectivity index (χ3n) is 7.56. The summed E-state index contributed by atoms with van der Waals surface area (Å²) in [7, 11) is 0. The van der Waals surface area contributed by atoms with Crippen molar-refractivity contribution in [1.82, 2.24) is 14.8 Å². The van der Waals surface area contributed by atoms with E-state index in [1.807, 2.05) is 41.3 Å². The number of aromatic nitrogens is 3. The average molecular weight is 464 g/mol. The molecule has 1 aliphatic carbocycles. The van der Waals surface area contributed by atoms with Crippen molar-refractivity contribution >= 4 is 16.7 Å². The average Bonchev–Trinajstić information content (AvgIpc) is 3.65. The third kappa shape index (κ3) is 3.44. The Balaban J connectivity index is 1.21. The number of hydrogen-bond donors (Lipinski definition) is 0. The van der Waals surface area contributed by atoms with Gasteiger partial charge in [0.1, 0.15) is 17.7 Å². The summed E-state index contributed by atoms with van der Waals surface area (Å²) in [5.74, 6) is 1.78. The normalized spacial score (nSPS) is 22.8. The number of nitriles is 1. The van der Waals surface area contributed by atoms with Crippen LogP contribution < -0.4 is 9.64 Å². The highest BCUT2D eigenvalue weighted by Crippen LogP contribution is 2.36. The monoisotopic (exact) mass is 463 g/mol. The van der Waals surface area contributed by atoms with Gasteiger partial charge < -0.3 is 14.4 Å². The Hall–Kier alpha value is -3.89. The van der Waals surface area contributed by atoms with Crippen LogP contribution in [0, 0.1) is 11.3 Å². The molecular weight excluding hydrogens is 438 g/mol. The van der Waals surface area contributed by atoms with Crippen molar-refractivity contribution in [2.45, 2.75) is 43.9 Å². The highest BCUT2D eigenvalue weighted by molar-refractivity contribution is 5.82. The number of morpholine rings is 1. The van der Waals surface area contributed by atoms with Gasteiger partial charge in [0, 0.05) is 30.3 Å². The van der Waals surface area contributed by atoms with Crippen LogP contribution in [0.3, 0.4) is 0 Å². The second kappa shape index (κ2) is 8.10. The number of rotatable bonds is 4. The van der Waals surface area contributed by atoms with Gasteiger partial charge in [0.05, 0.1) is 47.8 Å². The standard InChI is InChI=1S/C28H25N5O2/c29-14-18-3-1-5-25-24(18)4-2-6-27(25)35-22-8-7-19-15-31-33(26(19)13-22)20-9-10-30-28(12-20)32-16-23-11-21(32)17-34-23/h1,3,5,7-10,12-13,15,21,23,27H,2,4,6,11,16-17H2. The van der Waals surface area contributed by atoms with Gasteiger partial charge in [-0.1, -0.05) is 12.1 Å². The van der Waals surface area contributed by atoms with E-state index in [1.165, 1.54) is 0 Å². The van der Waals surface area contributed by atoms with Crippen LogP contribution in [0.1, 0.15) is 42.1 Å². The van der Waals surface area contributed by atoms with Crippen molar-refractivity contribution in [2.24, 2.45) is 0 Å². The Morgan fingerprint density at radius 1 is 1.14 bits per heavy atom. The summed E-state index contributed by atoms with van der Waals surface area (Å²) in [6.07, 6.45) is 7.98. The summed E-state index contributed by atoms with van der Waals surface area (Å²) in [6.45, 7) is 1.68. The Morgan fingerprint density at radius 3 is 2.97 bits per heavy atom. The first-order valence-electron chi connectivity index (χ1n) is 12.3. The molecule has 2 bridgehead atoms. The first-order chi connectivity index (χ1) is 17.3. The van der Waals surface area contributed by atoms with Crippen molar-refractivity contribution in [3.63, 3.8) is 0 Å². The molecule has 0 spiro atoms. The van der Waals surface area contributed by atoms with Crippen LogP contribution in [-0.2, 0) is 11.2 Å². The number of ether oxygens (including phenoxy) is 2. The zero-order valence-corrected chi connectivity index (χ0v) is 19.3. The molecule has 2 saturated heterocycles. The first kappa shape index (κ1) is 20.5. The fourth-order valence-corrected chi connectivity index (χ4v) is 5.85. The Kier molecular flexibility index (Phi) is 4.74. The van der Waals surface area contributed by atoms with Gasteiger partial charge in [0.25, 0.3) is 0 Å². The number of nitrogens with zero attached hydrogens (tertiary/aromatic N) is 5. The fourth-order valence-electron chi connectivity index (χ4n) is 5.85. The minimum absolute atomic E-state index is 0.0544. The minimum Gasteiger partial charge on any atom is -0.486 e. The Labute approximate surface area is 203 Å². The second-order valence-electron chi connectivity index (χ2n) is 9.63. The number of benzene rings is 2. The third-order valence-corrected chi connectivity index (χ3v) is 7.56. The van der Waals surface area contributed by atoms with E-state index in [4.69, 9.17) is 9.47 Å². The molecule has 2 aromatic heterocycles. The molecule has 3 aliphatic rings. The molecule has 0 saturated carbocycles. The van der Waals surface area contributed by atoms with Crippen molar-refractivity contribution in [3.8, 4) is 17.5 Å². The van der Waals surface area contributed by atoms with Crippen LogP contribution in [-0.4, -0.2) is 40.1 Å². The molecular formula is C28H25N5O2. The molecule has 3 unspecified atom stereocenters. The number of anilines is 1. The largest absolute Gasteiger partial charge is 0.486 e. The van der Waals surface area contributed by atoms with E-state index < -0.39 is 0 Å². The molecule has 7 nitrogen and oxygen atoms in total. The summed E-state index contributed by atoms with van der Waals surface area (Å²) in [6, 6.07) is 18.9. The highest BCUT2D eigenvalue weighted by atomic mass is 16.5. The van der Waals surface area contributed by atoms with Gasteiger partial charge in [0.15, 0.2) is 0 Å². The molecule has 0 N–H and O–H groups in total. The maximum Gasteiger partial charge on any atom is 0.131 e. The molecule has 35 heavy (non-hydrogen) atoms. The van der Waals surface area contributed by atoms with Crippen molar-refractivity contribution in [1.29, 1.82) is 5.26 Å². The molecule has 0 radical (unpaired) electrons.